The molecule has 0 spiro atoms. The van der Waals surface area contributed by atoms with Gasteiger partial charge < -0.3 is 10.0 Å². The van der Waals surface area contributed by atoms with E-state index < -0.39 is 29.9 Å². The number of amides is 1. The Bertz CT molecular complexity index is 749. The number of hydrogen-bond acceptors (Lipinski definition) is 4. The average Bonchev–Trinajstić information content (AvgIpc) is 2.58. The summed E-state index contributed by atoms with van der Waals surface area (Å²) in [6, 6.07) is 7.50. The van der Waals surface area contributed by atoms with Gasteiger partial charge >= 0.3 is 12.1 Å². The van der Waals surface area contributed by atoms with Crippen LogP contribution in [0, 0.1) is 0 Å². The second-order valence-corrected chi connectivity index (χ2v) is 5.25. The molecule has 0 radical (unpaired) electrons. The fourth-order valence-corrected chi connectivity index (χ4v) is 2.16. The second-order valence-electron chi connectivity index (χ2n) is 5.25. The van der Waals surface area contributed by atoms with Gasteiger partial charge in [-0.25, -0.2) is 14.8 Å². The molecule has 0 aliphatic carbocycles. The molecule has 1 aromatic carbocycles. The number of carboxylic acid groups (broad SMARTS) is 1. The van der Waals surface area contributed by atoms with Crippen LogP contribution >= 0.6 is 0 Å². The van der Waals surface area contributed by atoms with E-state index >= 15 is 0 Å². The molecule has 1 heterocycles. The van der Waals surface area contributed by atoms with Gasteiger partial charge in [-0.05, 0) is 5.56 Å². The molecular weight excluding hydrogens is 339 g/mol. The second kappa shape index (κ2) is 7.29. The molecule has 0 aliphatic heterocycles. The zero-order chi connectivity index (χ0) is 18.6. The van der Waals surface area contributed by atoms with Gasteiger partial charge in [0.15, 0.2) is 0 Å². The maximum Gasteiger partial charge on any atom is 0.451 e. The quantitative estimate of drug-likeness (QED) is 0.891. The van der Waals surface area contributed by atoms with Gasteiger partial charge in [0.2, 0.25) is 5.82 Å². The Morgan fingerprint density at radius 2 is 1.72 bits per heavy atom. The third-order valence-electron chi connectivity index (χ3n) is 3.50. The smallest absolute Gasteiger partial charge is 0.451 e. The molecule has 2 rings (SSSR count). The van der Waals surface area contributed by atoms with Crippen molar-refractivity contribution in [1.29, 1.82) is 0 Å². The monoisotopic (exact) mass is 353 g/mol. The summed E-state index contributed by atoms with van der Waals surface area (Å²) in [4.78, 5) is 31.0. The van der Waals surface area contributed by atoms with Crippen LogP contribution in [-0.2, 0) is 17.4 Å². The van der Waals surface area contributed by atoms with Crippen LogP contribution in [0.4, 0.5) is 13.2 Å². The minimum absolute atomic E-state index is 0.0555. The topological polar surface area (TPSA) is 83.4 Å². The van der Waals surface area contributed by atoms with Crippen LogP contribution in [0.15, 0.2) is 42.7 Å². The number of carbonyl (C=O) groups is 2. The number of nitrogens with zero attached hydrogens (tertiary/aromatic N) is 3. The zero-order valence-electron chi connectivity index (χ0n) is 13.1. The number of alkyl halides is 3. The molecule has 0 aliphatic rings. The van der Waals surface area contributed by atoms with Gasteiger partial charge in [-0.1, -0.05) is 30.3 Å². The van der Waals surface area contributed by atoms with Crippen molar-refractivity contribution in [3.63, 3.8) is 0 Å². The number of rotatable bonds is 5. The molecule has 6 nitrogen and oxygen atoms in total. The summed E-state index contributed by atoms with van der Waals surface area (Å²) in [6.45, 7) is 0. The molecule has 0 bridgehead atoms. The fourth-order valence-electron chi connectivity index (χ4n) is 2.16. The van der Waals surface area contributed by atoms with Gasteiger partial charge in [-0.15, -0.1) is 0 Å². The molecule has 1 unspecified atom stereocenters. The Morgan fingerprint density at radius 3 is 2.20 bits per heavy atom. The van der Waals surface area contributed by atoms with Crippen molar-refractivity contribution in [3.8, 4) is 0 Å². The van der Waals surface area contributed by atoms with Gasteiger partial charge in [0.05, 0.1) is 5.56 Å². The lowest BCUT2D eigenvalue weighted by Gasteiger charge is -2.25. The predicted octanol–water partition coefficient (Wildman–Crippen LogP) is 2.26. The van der Waals surface area contributed by atoms with Gasteiger partial charge in [0, 0.05) is 25.9 Å². The van der Waals surface area contributed by atoms with Crippen LogP contribution in [-0.4, -0.2) is 44.9 Å². The normalized spacial score (nSPS) is 12.5. The maximum atomic E-state index is 12.5. The number of aliphatic carboxylic acids is 1. The number of hydrogen-bond donors (Lipinski definition) is 1. The highest BCUT2D eigenvalue weighted by atomic mass is 19.4. The zero-order valence-corrected chi connectivity index (χ0v) is 13.1. The van der Waals surface area contributed by atoms with Gasteiger partial charge in [0.1, 0.15) is 6.04 Å². The molecule has 2 aromatic rings. The first kappa shape index (κ1) is 18.4. The SMILES string of the molecule is CN(C(=O)c1cnc(C(F)(F)F)nc1)C(Cc1ccccc1)C(=O)O. The van der Waals surface area contributed by atoms with E-state index in [0.717, 1.165) is 17.3 Å². The first-order chi connectivity index (χ1) is 11.7. The van der Waals surface area contributed by atoms with Crippen LogP contribution in [0.3, 0.4) is 0 Å². The maximum absolute atomic E-state index is 12.5. The lowest BCUT2D eigenvalue weighted by molar-refractivity contribution is -0.145. The summed E-state index contributed by atoms with van der Waals surface area (Å²) >= 11 is 0. The number of aromatic nitrogens is 2. The highest BCUT2D eigenvalue weighted by molar-refractivity contribution is 5.96. The van der Waals surface area contributed by atoms with Crippen LogP contribution in [0.5, 0.6) is 0 Å². The van der Waals surface area contributed by atoms with E-state index in [2.05, 4.69) is 9.97 Å². The standard InChI is InChI=1S/C16H14F3N3O3/c1-22(12(14(24)25)7-10-5-3-2-4-6-10)13(23)11-8-20-15(21-9-11)16(17,18)19/h2-6,8-9,12H,7H2,1H3,(H,24,25). The van der Waals surface area contributed by atoms with Gasteiger partial charge in [-0.2, -0.15) is 13.2 Å². The molecular formula is C16H14F3N3O3. The van der Waals surface area contributed by atoms with Gasteiger partial charge in [0.25, 0.3) is 5.91 Å². The van der Waals surface area contributed by atoms with Crippen molar-refractivity contribution in [3.05, 3.63) is 59.7 Å². The third-order valence-corrected chi connectivity index (χ3v) is 3.50. The lowest BCUT2D eigenvalue weighted by atomic mass is 10.0. The number of halogens is 3. The van der Waals surface area contributed by atoms with E-state index in [1.807, 2.05) is 0 Å². The molecule has 1 atom stereocenters. The van der Waals surface area contributed by atoms with E-state index in [-0.39, 0.29) is 12.0 Å². The summed E-state index contributed by atoms with van der Waals surface area (Å²) in [7, 11) is 1.27. The van der Waals surface area contributed by atoms with Crippen LogP contribution in [0.1, 0.15) is 21.7 Å². The molecule has 25 heavy (non-hydrogen) atoms. The highest BCUT2D eigenvalue weighted by Gasteiger charge is 2.35. The summed E-state index contributed by atoms with van der Waals surface area (Å²) in [6.07, 6.45) is -3.20. The molecule has 132 valence electrons. The molecule has 0 saturated carbocycles. The number of likely N-dealkylation sites (N-methyl/N-ethyl adjacent to an activating group) is 1. The van der Waals surface area contributed by atoms with Gasteiger partial charge in [-0.3, -0.25) is 4.79 Å². The number of benzene rings is 1. The summed E-state index contributed by atoms with van der Waals surface area (Å²) in [5.74, 6) is -3.38. The lowest BCUT2D eigenvalue weighted by Crippen LogP contribution is -2.44. The third kappa shape index (κ3) is 4.52. The first-order valence-corrected chi connectivity index (χ1v) is 7.13. The summed E-state index contributed by atoms with van der Waals surface area (Å²) < 4.78 is 37.4. The van der Waals surface area contributed by atoms with Crippen molar-refractivity contribution >= 4 is 11.9 Å². The molecule has 1 amide bonds. The number of carbonyl (C=O) groups excluding carboxylic acids is 1. The molecule has 1 N–H and O–H groups in total. The largest absolute Gasteiger partial charge is 0.480 e. The Morgan fingerprint density at radius 1 is 1.16 bits per heavy atom. The minimum atomic E-state index is -4.72. The van der Waals surface area contributed by atoms with Crippen molar-refractivity contribution in [2.75, 3.05) is 7.05 Å². The van der Waals surface area contributed by atoms with E-state index in [4.69, 9.17) is 0 Å². The van der Waals surface area contributed by atoms with Crippen LogP contribution in [0.2, 0.25) is 0 Å². The van der Waals surface area contributed by atoms with E-state index in [1.54, 1.807) is 30.3 Å². The molecule has 0 saturated heterocycles. The van der Waals surface area contributed by atoms with Crippen molar-refractivity contribution < 1.29 is 27.9 Å². The van der Waals surface area contributed by atoms with E-state index in [0.29, 0.717) is 5.56 Å². The Balaban J connectivity index is 2.19. The predicted molar refractivity (Wildman–Crippen MR) is 80.7 cm³/mol. The molecule has 9 heteroatoms. The summed E-state index contributed by atoms with van der Waals surface area (Å²) in [5.41, 5.74) is 0.480. The fraction of sp³-hybridized carbons (Fsp3) is 0.250. The molecule has 0 fully saturated rings. The first-order valence-electron chi connectivity index (χ1n) is 7.13. The van der Waals surface area contributed by atoms with Crippen molar-refractivity contribution in [1.82, 2.24) is 14.9 Å². The highest BCUT2D eigenvalue weighted by Crippen LogP contribution is 2.25. The van der Waals surface area contributed by atoms with Crippen molar-refractivity contribution in [2.45, 2.75) is 18.6 Å². The Labute approximate surface area is 140 Å². The average molecular weight is 353 g/mol. The summed E-state index contributed by atoms with van der Waals surface area (Å²) in [5, 5.41) is 9.38. The Kier molecular flexibility index (Phi) is 5.35. The van der Waals surface area contributed by atoms with Crippen LogP contribution < -0.4 is 0 Å². The van der Waals surface area contributed by atoms with E-state index in [9.17, 15) is 27.9 Å². The molecule has 1 aromatic heterocycles. The van der Waals surface area contributed by atoms with Crippen molar-refractivity contribution in [2.24, 2.45) is 0 Å². The van der Waals surface area contributed by atoms with E-state index in [1.165, 1.54) is 7.05 Å². The number of carboxylic acids is 1. The Hall–Kier alpha value is -2.97. The van der Waals surface area contributed by atoms with Crippen LogP contribution in [0.25, 0.3) is 0 Å². The minimum Gasteiger partial charge on any atom is -0.480 e.